The van der Waals surface area contributed by atoms with Crippen LogP contribution < -0.4 is 5.56 Å². The Balaban J connectivity index is 2.76. The van der Waals surface area contributed by atoms with E-state index in [4.69, 9.17) is 9.84 Å². The van der Waals surface area contributed by atoms with E-state index >= 15 is 0 Å². The third-order valence-electron chi connectivity index (χ3n) is 2.53. The first-order valence-corrected chi connectivity index (χ1v) is 6.82. The maximum atomic E-state index is 12.1. The first-order valence-electron chi connectivity index (χ1n) is 5.59. The Morgan fingerprint density at radius 1 is 1.55 bits per heavy atom. The minimum absolute atomic E-state index is 0.0443. The highest BCUT2D eigenvalue weighted by Crippen LogP contribution is 2.18. The zero-order valence-corrected chi connectivity index (χ0v) is 11.5. The van der Waals surface area contributed by atoms with Crippen LogP contribution in [0.15, 0.2) is 16.0 Å². The molecule has 0 amide bonds. The van der Waals surface area contributed by atoms with Gasteiger partial charge < -0.3 is 9.84 Å². The van der Waals surface area contributed by atoms with Gasteiger partial charge in [-0.15, -0.1) is 11.8 Å². The van der Waals surface area contributed by atoms with Crippen LogP contribution in [0.4, 0.5) is 0 Å². The number of H-pyrrole nitrogens is 1. The quantitative estimate of drug-likeness (QED) is 0.483. The SMILES string of the molecule is CCOC(=O)c1c[nH]n2c(=O)c(C(=O)O)c(SC)nc12. The fourth-order valence-electron chi connectivity index (χ4n) is 1.69. The largest absolute Gasteiger partial charge is 0.477 e. The number of rotatable bonds is 4. The molecule has 20 heavy (non-hydrogen) atoms. The summed E-state index contributed by atoms with van der Waals surface area (Å²) in [6, 6.07) is 0. The Morgan fingerprint density at radius 3 is 2.80 bits per heavy atom. The molecule has 0 bridgehead atoms. The van der Waals surface area contributed by atoms with Gasteiger partial charge in [0, 0.05) is 6.20 Å². The van der Waals surface area contributed by atoms with Crippen LogP contribution in [-0.2, 0) is 4.74 Å². The number of esters is 1. The summed E-state index contributed by atoms with van der Waals surface area (Å²) in [7, 11) is 0. The van der Waals surface area contributed by atoms with Crippen molar-refractivity contribution in [3.8, 4) is 0 Å². The molecule has 0 radical (unpaired) electrons. The number of ether oxygens (including phenoxy) is 1. The van der Waals surface area contributed by atoms with Gasteiger partial charge in [-0.3, -0.25) is 9.89 Å². The molecule has 0 unspecified atom stereocenters. The van der Waals surface area contributed by atoms with Gasteiger partial charge >= 0.3 is 11.9 Å². The fourth-order valence-corrected chi connectivity index (χ4v) is 2.24. The number of carbonyl (C=O) groups excluding carboxylic acids is 1. The van der Waals surface area contributed by atoms with Gasteiger partial charge in [-0.2, -0.15) is 4.52 Å². The van der Waals surface area contributed by atoms with Gasteiger partial charge in [-0.25, -0.2) is 14.6 Å². The molecule has 0 saturated heterocycles. The number of nitrogens with zero attached hydrogens (tertiary/aromatic N) is 2. The number of thioether (sulfide) groups is 1. The molecule has 0 saturated carbocycles. The van der Waals surface area contributed by atoms with E-state index in [9.17, 15) is 14.4 Å². The van der Waals surface area contributed by atoms with Crippen molar-refractivity contribution in [2.75, 3.05) is 12.9 Å². The number of fused-ring (bicyclic) bond motifs is 1. The van der Waals surface area contributed by atoms with E-state index in [2.05, 4.69) is 10.1 Å². The number of nitrogens with one attached hydrogen (secondary N) is 1. The molecule has 0 spiro atoms. The Bertz CT molecular complexity index is 748. The van der Waals surface area contributed by atoms with E-state index in [0.717, 1.165) is 16.3 Å². The molecule has 0 aliphatic heterocycles. The lowest BCUT2D eigenvalue weighted by Gasteiger charge is -2.03. The van der Waals surface area contributed by atoms with Crippen molar-refractivity contribution in [3.05, 3.63) is 27.7 Å². The summed E-state index contributed by atoms with van der Waals surface area (Å²) in [6.07, 6.45) is 2.86. The average molecular weight is 297 g/mol. The van der Waals surface area contributed by atoms with E-state index in [1.165, 1.54) is 6.20 Å². The highest BCUT2D eigenvalue weighted by molar-refractivity contribution is 7.98. The summed E-state index contributed by atoms with van der Waals surface area (Å²) in [6.45, 7) is 1.84. The molecular formula is C11H11N3O5S. The predicted octanol–water partition coefficient (Wildman–Crippen LogP) is 0.619. The van der Waals surface area contributed by atoms with Gasteiger partial charge in [0.15, 0.2) is 11.2 Å². The van der Waals surface area contributed by atoms with Gasteiger partial charge in [0.05, 0.1) is 6.61 Å². The lowest BCUT2D eigenvalue weighted by Crippen LogP contribution is -2.25. The van der Waals surface area contributed by atoms with Crippen LogP contribution in [0.5, 0.6) is 0 Å². The first-order chi connectivity index (χ1) is 9.51. The molecule has 106 valence electrons. The van der Waals surface area contributed by atoms with Crippen LogP contribution in [0.2, 0.25) is 0 Å². The number of hydrogen-bond acceptors (Lipinski definition) is 6. The molecule has 0 aromatic carbocycles. The summed E-state index contributed by atoms with van der Waals surface area (Å²) < 4.78 is 5.76. The van der Waals surface area contributed by atoms with Gasteiger partial charge in [-0.05, 0) is 13.2 Å². The molecule has 8 nitrogen and oxygen atoms in total. The molecule has 2 heterocycles. The maximum Gasteiger partial charge on any atom is 0.344 e. The molecule has 0 atom stereocenters. The predicted molar refractivity (Wildman–Crippen MR) is 70.5 cm³/mol. The molecule has 2 N–H and O–H groups in total. The third kappa shape index (κ3) is 2.16. The Hall–Kier alpha value is -2.29. The smallest absolute Gasteiger partial charge is 0.344 e. The minimum atomic E-state index is -1.37. The van der Waals surface area contributed by atoms with E-state index in [-0.39, 0.29) is 22.8 Å². The molecule has 0 aliphatic rings. The second kappa shape index (κ2) is 5.37. The monoisotopic (exact) mass is 297 g/mol. The lowest BCUT2D eigenvalue weighted by atomic mass is 10.3. The minimum Gasteiger partial charge on any atom is -0.477 e. The van der Waals surface area contributed by atoms with Crippen LogP contribution in [-0.4, -0.2) is 44.5 Å². The van der Waals surface area contributed by atoms with Crippen molar-refractivity contribution in [3.63, 3.8) is 0 Å². The molecule has 0 fully saturated rings. The number of carboxylic acids is 1. The van der Waals surface area contributed by atoms with Crippen LogP contribution >= 0.6 is 11.8 Å². The molecular weight excluding hydrogens is 286 g/mol. The van der Waals surface area contributed by atoms with Gasteiger partial charge in [0.25, 0.3) is 5.56 Å². The number of hydrogen-bond donors (Lipinski definition) is 2. The fraction of sp³-hybridized carbons (Fsp3) is 0.273. The van der Waals surface area contributed by atoms with E-state index in [1.807, 2.05) is 0 Å². The normalized spacial score (nSPS) is 10.7. The van der Waals surface area contributed by atoms with Crippen LogP contribution in [0.1, 0.15) is 27.6 Å². The van der Waals surface area contributed by atoms with Gasteiger partial charge in [0.1, 0.15) is 10.6 Å². The highest BCUT2D eigenvalue weighted by atomic mass is 32.2. The lowest BCUT2D eigenvalue weighted by molar-refractivity contribution is 0.0528. The number of carbonyl (C=O) groups is 2. The van der Waals surface area contributed by atoms with Crippen molar-refractivity contribution in [2.45, 2.75) is 11.9 Å². The van der Waals surface area contributed by atoms with Gasteiger partial charge in [0.2, 0.25) is 0 Å². The number of aromatic nitrogens is 3. The summed E-state index contributed by atoms with van der Waals surface area (Å²) in [5.74, 6) is -2.00. The Labute approximate surface area is 116 Å². The van der Waals surface area contributed by atoms with E-state index in [1.54, 1.807) is 13.2 Å². The van der Waals surface area contributed by atoms with Crippen molar-refractivity contribution < 1.29 is 19.4 Å². The highest BCUT2D eigenvalue weighted by Gasteiger charge is 2.23. The molecule has 2 aromatic heterocycles. The molecule has 9 heteroatoms. The summed E-state index contributed by atoms with van der Waals surface area (Å²) in [5, 5.41) is 11.6. The second-order valence-corrected chi connectivity index (χ2v) is 4.47. The number of aromatic carboxylic acids is 1. The van der Waals surface area contributed by atoms with Crippen LogP contribution in [0, 0.1) is 0 Å². The number of aromatic amines is 1. The second-order valence-electron chi connectivity index (χ2n) is 3.67. The third-order valence-corrected chi connectivity index (χ3v) is 3.21. The Kier molecular flexibility index (Phi) is 3.79. The number of carboxylic acid groups (broad SMARTS) is 1. The van der Waals surface area contributed by atoms with Crippen molar-refractivity contribution in [1.82, 2.24) is 14.6 Å². The molecule has 0 aliphatic carbocycles. The van der Waals surface area contributed by atoms with Crippen LogP contribution in [0.25, 0.3) is 5.65 Å². The van der Waals surface area contributed by atoms with Crippen molar-refractivity contribution in [2.24, 2.45) is 0 Å². The summed E-state index contributed by atoms with van der Waals surface area (Å²) >= 11 is 1.02. The average Bonchev–Trinajstić information content (AvgIpc) is 2.82. The first kappa shape index (κ1) is 14.1. The van der Waals surface area contributed by atoms with E-state index in [0.29, 0.717) is 0 Å². The maximum absolute atomic E-state index is 12.1. The van der Waals surface area contributed by atoms with E-state index < -0.39 is 23.1 Å². The van der Waals surface area contributed by atoms with Crippen molar-refractivity contribution in [1.29, 1.82) is 0 Å². The standard InChI is InChI=1S/C11H11N3O5S/c1-3-19-11(18)5-4-12-14-7(5)13-8(20-2)6(9(14)15)10(16)17/h4,12H,3H2,1-2H3,(H,16,17). The molecule has 2 rings (SSSR count). The Morgan fingerprint density at radius 2 is 2.25 bits per heavy atom. The zero-order chi connectivity index (χ0) is 14.9. The zero-order valence-electron chi connectivity index (χ0n) is 10.7. The van der Waals surface area contributed by atoms with Crippen molar-refractivity contribution >= 4 is 29.3 Å². The topological polar surface area (TPSA) is 114 Å². The summed E-state index contributed by atoms with van der Waals surface area (Å²) in [5.41, 5.74) is -1.09. The van der Waals surface area contributed by atoms with Crippen LogP contribution in [0.3, 0.4) is 0 Å². The summed E-state index contributed by atoms with van der Waals surface area (Å²) in [4.78, 5) is 39.0. The van der Waals surface area contributed by atoms with Gasteiger partial charge in [-0.1, -0.05) is 0 Å². The molecule has 2 aromatic rings.